The molecule has 4 N–H and O–H groups in total. The van der Waals surface area contributed by atoms with Crippen molar-refractivity contribution in [2.75, 3.05) is 37.6 Å². The molecule has 1 aromatic heterocycles. The van der Waals surface area contributed by atoms with Crippen molar-refractivity contribution in [2.24, 2.45) is 11.6 Å². The Bertz CT molecular complexity index is 859. The largest absolute Gasteiger partial charge is 0.367 e. The number of anilines is 1. The topological polar surface area (TPSA) is 109 Å². The highest BCUT2D eigenvalue weighted by atomic mass is 35.5. The summed E-state index contributed by atoms with van der Waals surface area (Å²) in [6.45, 7) is 5.23. The number of benzene rings is 1. The average molecular weight is 520 g/mol. The molecule has 3 amide bonds. The Kier molecular flexibility index (Phi) is 13.8. The smallest absolute Gasteiger partial charge is 0.328 e. The van der Waals surface area contributed by atoms with Crippen LogP contribution < -0.4 is 16.5 Å². The molecule has 1 aliphatic rings. The van der Waals surface area contributed by atoms with Crippen molar-refractivity contribution < 1.29 is 9.59 Å². The van der Waals surface area contributed by atoms with E-state index in [0.717, 1.165) is 61.0 Å². The minimum Gasteiger partial charge on any atom is -0.367 e. The van der Waals surface area contributed by atoms with Crippen LogP contribution in [0.5, 0.6) is 0 Å². The second kappa shape index (κ2) is 14.8. The number of aromatic nitrogens is 1. The quantitative estimate of drug-likeness (QED) is 0.332. The molecule has 0 radical (unpaired) electrons. The van der Waals surface area contributed by atoms with E-state index in [1.165, 1.54) is 5.56 Å². The first-order chi connectivity index (χ1) is 14.4. The molecule has 11 heteroatoms. The molecule has 1 aliphatic heterocycles. The minimum atomic E-state index is -0.622. The maximum Gasteiger partial charge on any atom is 0.328 e. The highest BCUT2D eigenvalue weighted by Gasteiger charge is 2.18. The van der Waals surface area contributed by atoms with Crippen molar-refractivity contribution in [3.63, 3.8) is 0 Å². The molecule has 33 heavy (non-hydrogen) atoms. The van der Waals surface area contributed by atoms with Crippen molar-refractivity contribution >= 4 is 54.8 Å². The minimum absolute atomic E-state index is 0. The molecule has 2 aromatic rings. The summed E-state index contributed by atoms with van der Waals surface area (Å²) in [5, 5.41) is 1.02. The monoisotopic (exact) mass is 518 g/mol. The predicted molar refractivity (Wildman–Crippen MR) is 138 cm³/mol. The summed E-state index contributed by atoms with van der Waals surface area (Å²) in [6.07, 6.45) is 4.38. The third kappa shape index (κ3) is 9.25. The van der Waals surface area contributed by atoms with Gasteiger partial charge in [-0.25, -0.2) is 10.6 Å². The molecule has 1 fully saturated rings. The summed E-state index contributed by atoms with van der Waals surface area (Å²) >= 11 is 0. The van der Waals surface area contributed by atoms with E-state index < -0.39 is 6.03 Å². The zero-order chi connectivity index (χ0) is 21.5. The van der Waals surface area contributed by atoms with Crippen molar-refractivity contribution in [3.8, 4) is 0 Å². The summed E-state index contributed by atoms with van der Waals surface area (Å²) in [5.41, 5.74) is 9.65. The van der Waals surface area contributed by atoms with E-state index in [0.29, 0.717) is 13.0 Å². The number of aryl methyl sites for hydroxylation is 2. The number of halogens is 3. The second-order valence-corrected chi connectivity index (χ2v) is 7.60. The number of carbonyl (C=O) groups is 2. The Morgan fingerprint density at radius 1 is 0.909 bits per heavy atom. The lowest BCUT2D eigenvalue weighted by atomic mass is 10.0. The fourth-order valence-electron chi connectivity index (χ4n) is 3.54. The number of hydrazine groups is 1. The van der Waals surface area contributed by atoms with Crippen LogP contribution in [-0.4, -0.2) is 59.6 Å². The fraction of sp³-hybridized carbons (Fsp3) is 0.409. The van der Waals surface area contributed by atoms with E-state index in [1.54, 1.807) is 6.92 Å². The van der Waals surface area contributed by atoms with E-state index in [2.05, 4.69) is 46.3 Å². The van der Waals surface area contributed by atoms with Crippen LogP contribution >= 0.6 is 37.2 Å². The molecule has 3 rings (SSSR count). The Morgan fingerprint density at radius 2 is 1.48 bits per heavy atom. The van der Waals surface area contributed by atoms with Crippen molar-refractivity contribution in [1.29, 1.82) is 0 Å². The SMILES string of the molecule is CC(=O)N1CCN(c2ccc(CCc3ccc(CCN(N)C(N)=O)cc3)nc2)CC1.Cl.Cl.Cl. The Hall–Kier alpha value is -2.26. The summed E-state index contributed by atoms with van der Waals surface area (Å²) < 4.78 is 0. The van der Waals surface area contributed by atoms with Crippen LogP contribution in [0.15, 0.2) is 42.6 Å². The van der Waals surface area contributed by atoms with Crippen LogP contribution in [0.3, 0.4) is 0 Å². The molecular weight excluding hydrogens is 487 g/mol. The molecule has 2 heterocycles. The van der Waals surface area contributed by atoms with Crippen LogP contribution in [0.1, 0.15) is 23.7 Å². The van der Waals surface area contributed by atoms with Gasteiger partial charge in [0, 0.05) is 45.3 Å². The lowest BCUT2D eigenvalue weighted by Crippen LogP contribution is -2.48. The maximum absolute atomic E-state index is 11.4. The van der Waals surface area contributed by atoms with Gasteiger partial charge in [-0.1, -0.05) is 24.3 Å². The van der Waals surface area contributed by atoms with Crippen LogP contribution in [0.2, 0.25) is 0 Å². The molecule has 0 saturated carbocycles. The standard InChI is InChI=1S/C22H30N6O2.3ClH/c1-17(29)26-12-14-27(15-13-26)21-9-8-20(25-16-21)7-6-18-2-4-19(5-3-18)10-11-28(24)22(23)30;;;/h2-5,8-9,16H,6-7,10-15,24H2,1H3,(H2,23,30);3*1H. The molecule has 0 unspecified atom stereocenters. The first kappa shape index (κ1) is 30.7. The normalized spacial score (nSPS) is 12.7. The highest BCUT2D eigenvalue weighted by molar-refractivity contribution is 5.86. The molecule has 1 saturated heterocycles. The maximum atomic E-state index is 11.4. The van der Waals surface area contributed by atoms with Gasteiger partial charge in [0.1, 0.15) is 0 Å². The number of pyridine rings is 1. The Morgan fingerprint density at radius 3 is 1.97 bits per heavy atom. The van der Waals surface area contributed by atoms with Gasteiger partial charge in [0.25, 0.3) is 0 Å². The average Bonchev–Trinajstić information content (AvgIpc) is 2.77. The molecule has 0 spiro atoms. The number of amides is 3. The van der Waals surface area contributed by atoms with E-state index in [9.17, 15) is 9.59 Å². The summed E-state index contributed by atoms with van der Waals surface area (Å²) in [7, 11) is 0. The number of hydrogen-bond donors (Lipinski definition) is 2. The molecule has 0 atom stereocenters. The van der Waals surface area contributed by atoms with Gasteiger partial charge in [-0.3, -0.25) is 14.8 Å². The van der Waals surface area contributed by atoms with Gasteiger partial charge in [-0.2, -0.15) is 0 Å². The van der Waals surface area contributed by atoms with Gasteiger partial charge >= 0.3 is 6.03 Å². The van der Waals surface area contributed by atoms with Crippen LogP contribution in [0, 0.1) is 0 Å². The van der Waals surface area contributed by atoms with Crippen molar-refractivity contribution in [2.45, 2.75) is 26.2 Å². The number of nitrogens with zero attached hydrogens (tertiary/aromatic N) is 4. The highest BCUT2D eigenvalue weighted by Crippen LogP contribution is 2.17. The van der Waals surface area contributed by atoms with E-state index in [-0.39, 0.29) is 43.1 Å². The zero-order valence-electron chi connectivity index (χ0n) is 18.7. The van der Waals surface area contributed by atoms with Gasteiger partial charge < -0.3 is 15.5 Å². The summed E-state index contributed by atoms with van der Waals surface area (Å²) in [6, 6.07) is 11.9. The third-order valence-corrected chi connectivity index (χ3v) is 5.52. The zero-order valence-corrected chi connectivity index (χ0v) is 21.1. The van der Waals surface area contributed by atoms with Gasteiger partial charge in [0.15, 0.2) is 0 Å². The first-order valence-electron chi connectivity index (χ1n) is 10.3. The number of piperazine rings is 1. The van der Waals surface area contributed by atoms with E-state index in [4.69, 9.17) is 11.6 Å². The van der Waals surface area contributed by atoms with E-state index in [1.807, 2.05) is 11.1 Å². The first-order valence-corrected chi connectivity index (χ1v) is 10.3. The van der Waals surface area contributed by atoms with Crippen LogP contribution in [0.4, 0.5) is 10.5 Å². The van der Waals surface area contributed by atoms with Crippen molar-refractivity contribution in [1.82, 2.24) is 14.9 Å². The van der Waals surface area contributed by atoms with Crippen LogP contribution in [0.25, 0.3) is 0 Å². The predicted octanol–water partition coefficient (Wildman–Crippen LogP) is 2.60. The van der Waals surface area contributed by atoms with Gasteiger partial charge in [-0.05, 0) is 42.5 Å². The number of nitrogens with two attached hydrogens (primary N) is 2. The van der Waals surface area contributed by atoms with E-state index >= 15 is 0 Å². The number of hydrogen-bond acceptors (Lipinski definition) is 5. The molecule has 184 valence electrons. The summed E-state index contributed by atoms with van der Waals surface area (Å²) in [5.74, 6) is 5.66. The molecule has 1 aromatic carbocycles. The van der Waals surface area contributed by atoms with Gasteiger partial charge in [0.2, 0.25) is 5.91 Å². The number of primary amides is 1. The summed E-state index contributed by atoms with van der Waals surface area (Å²) in [4.78, 5) is 31.2. The third-order valence-electron chi connectivity index (χ3n) is 5.52. The Labute approximate surface area is 213 Å². The number of urea groups is 1. The Balaban J connectivity index is 0.00000341. The van der Waals surface area contributed by atoms with Crippen molar-refractivity contribution in [3.05, 3.63) is 59.4 Å². The van der Waals surface area contributed by atoms with Crippen LogP contribution in [-0.2, 0) is 24.1 Å². The lowest BCUT2D eigenvalue weighted by Gasteiger charge is -2.35. The number of carbonyl (C=O) groups excluding carboxylic acids is 2. The number of rotatable bonds is 7. The fourth-order valence-corrected chi connectivity index (χ4v) is 3.54. The van der Waals surface area contributed by atoms with Gasteiger partial charge in [0.05, 0.1) is 11.9 Å². The second-order valence-electron chi connectivity index (χ2n) is 7.60. The van der Waals surface area contributed by atoms with Gasteiger partial charge in [-0.15, -0.1) is 37.2 Å². The molecule has 0 bridgehead atoms. The molecule has 8 nitrogen and oxygen atoms in total. The molecular formula is C22H33Cl3N6O2. The molecule has 0 aliphatic carbocycles. The lowest BCUT2D eigenvalue weighted by molar-refractivity contribution is -0.129.